The highest BCUT2D eigenvalue weighted by Crippen LogP contribution is 2.29. The van der Waals surface area contributed by atoms with Crippen molar-refractivity contribution < 1.29 is 17.0 Å². The van der Waals surface area contributed by atoms with Gasteiger partial charge >= 0.3 is 0 Å². The van der Waals surface area contributed by atoms with E-state index in [9.17, 15) is 0 Å². The van der Waals surface area contributed by atoms with E-state index in [1.54, 1.807) is 11.3 Å². The van der Waals surface area contributed by atoms with E-state index in [1.165, 1.54) is 21.4 Å². The molecule has 2 nitrogen and oxygen atoms in total. The van der Waals surface area contributed by atoms with Crippen LogP contribution in [0, 0.1) is 6.92 Å². The molecule has 4 aromatic rings. The van der Waals surface area contributed by atoms with E-state index >= 15 is 0 Å². The first kappa shape index (κ1) is 16.6. The standard InChI is InChI=1S/C20H17N2S.ClH/c1-15-8-10-16(11-9-15)13-22-12-4-5-17(14-22)20-21-18-6-2-3-7-19(18)23-20;/h2-12,14H,13H2,1H3;1H/q+1;/p-1. The molecule has 120 valence electrons. The van der Waals surface area contributed by atoms with Gasteiger partial charge in [-0.25, -0.2) is 9.55 Å². The van der Waals surface area contributed by atoms with Crippen LogP contribution in [0.5, 0.6) is 0 Å². The molecule has 0 radical (unpaired) electrons. The Bertz CT molecular complexity index is 928. The van der Waals surface area contributed by atoms with Gasteiger partial charge in [0.1, 0.15) is 5.01 Å². The van der Waals surface area contributed by atoms with Gasteiger partial charge in [0.15, 0.2) is 18.9 Å². The predicted molar refractivity (Wildman–Crippen MR) is 95.5 cm³/mol. The minimum Gasteiger partial charge on any atom is -1.00 e. The van der Waals surface area contributed by atoms with E-state index in [-0.39, 0.29) is 12.4 Å². The second kappa shape index (κ2) is 7.12. The van der Waals surface area contributed by atoms with Crippen molar-refractivity contribution in [2.24, 2.45) is 0 Å². The molecule has 0 aliphatic heterocycles. The molecular formula is C20H17ClN2S. The Morgan fingerprint density at radius 3 is 2.54 bits per heavy atom. The van der Waals surface area contributed by atoms with E-state index in [0.29, 0.717) is 0 Å². The first-order chi connectivity index (χ1) is 11.3. The predicted octanol–water partition coefficient (Wildman–Crippen LogP) is 1.61. The quantitative estimate of drug-likeness (QED) is 0.512. The fourth-order valence-corrected chi connectivity index (χ4v) is 3.60. The molecule has 0 fully saturated rings. The van der Waals surface area contributed by atoms with Crippen LogP contribution in [0.25, 0.3) is 20.8 Å². The number of aromatic nitrogens is 2. The molecule has 0 unspecified atom stereocenters. The highest BCUT2D eigenvalue weighted by molar-refractivity contribution is 7.21. The van der Waals surface area contributed by atoms with Crippen LogP contribution in [0.3, 0.4) is 0 Å². The molecule has 4 rings (SSSR count). The van der Waals surface area contributed by atoms with Gasteiger partial charge in [0.05, 0.1) is 15.8 Å². The summed E-state index contributed by atoms with van der Waals surface area (Å²) in [7, 11) is 0. The van der Waals surface area contributed by atoms with Crippen LogP contribution in [-0.2, 0) is 6.54 Å². The second-order valence-electron chi connectivity index (χ2n) is 5.74. The minimum absolute atomic E-state index is 0. The van der Waals surface area contributed by atoms with E-state index < -0.39 is 0 Å². The van der Waals surface area contributed by atoms with Gasteiger partial charge < -0.3 is 12.4 Å². The number of rotatable bonds is 3. The van der Waals surface area contributed by atoms with Crippen molar-refractivity contribution >= 4 is 21.6 Å². The van der Waals surface area contributed by atoms with Crippen LogP contribution in [-0.4, -0.2) is 4.98 Å². The van der Waals surface area contributed by atoms with Gasteiger partial charge in [-0.3, -0.25) is 0 Å². The van der Waals surface area contributed by atoms with Gasteiger partial charge in [-0.2, -0.15) is 0 Å². The van der Waals surface area contributed by atoms with Crippen LogP contribution < -0.4 is 17.0 Å². The average molecular weight is 353 g/mol. The molecule has 0 saturated carbocycles. The molecular weight excluding hydrogens is 336 g/mol. The Hall–Kier alpha value is -2.23. The summed E-state index contributed by atoms with van der Waals surface area (Å²) >= 11 is 1.74. The molecule has 0 saturated heterocycles. The van der Waals surface area contributed by atoms with Gasteiger partial charge in [-0.05, 0) is 25.1 Å². The Morgan fingerprint density at radius 1 is 0.958 bits per heavy atom. The maximum atomic E-state index is 4.75. The lowest BCUT2D eigenvalue weighted by Gasteiger charge is -2.00. The molecule has 2 heterocycles. The van der Waals surface area contributed by atoms with Crippen LogP contribution >= 0.6 is 11.3 Å². The summed E-state index contributed by atoms with van der Waals surface area (Å²) in [5.74, 6) is 0. The zero-order valence-electron chi connectivity index (χ0n) is 13.3. The zero-order valence-corrected chi connectivity index (χ0v) is 14.9. The van der Waals surface area contributed by atoms with Crippen molar-refractivity contribution in [3.05, 3.63) is 84.2 Å². The second-order valence-corrected chi connectivity index (χ2v) is 6.77. The Morgan fingerprint density at radius 2 is 1.75 bits per heavy atom. The third-order valence-electron chi connectivity index (χ3n) is 3.88. The SMILES string of the molecule is Cc1ccc(C[n+]2cccc(-c3nc4ccccc4s3)c2)cc1.[Cl-]. The summed E-state index contributed by atoms with van der Waals surface area (Å²) in [4.78, 5) is 4.75. The minimum atomic E-state index is 0. The Balaban J connectivity index is 0.00000169. The lowest BCUT2D eigenvalue weighted by molar-refractivity contribution is -0.687. The van der Waals surface area contributed by atoms with E-state index in [1.807, 2.05) is 6.07 Å². The molecule has 4 heteroatoms. The third kappa shape index (κ3) is 3.48. The van der Waals surface area contributed by atoms with Crippen molar-refractivity contribution in [2.45, 2.75) is 13.5 Å². The van der Waals surface area contributed by atoms with Crippen molar-refractivity contribution in [2.75, 3.05) is 0 Å². The molecule has 0 aliphatic carbocycles. The fraction of sp³-hybridized carbons (Fsp3) is 0.100. The van der Waals surface area contributed by atoms with Crippen molar-refractivity contribution in [3.8, 4) is 10.6 Å². The van der Waals surface area contributed by atoms with Gasteiger partial charge in [0.25, 0.3) is 0 Å². The Kier molecular flexibility index (Phi) is 4.93. The van der Waals surface area contributed by atoms with Crippen LogP contribution in [0.1, 0.15) is 11.1 Å². The lowest BCUT2D eigenvalue weighted by Crippen LogP contribution is -3.00. The van der Waals surface area contributed by atoms with Crippen molar-refractivity contribution in [1.82, 2.24) is 4.98 Å². The molecule has 24 heavy (non-hydrogen) atoms. The topological polar surface area (TPSA) is 16.8 Å². The highest BCUT2D eigenvalue weighted by atomic mass is 35.5. The number of para-hydroxylation sites is 1. The monoisotopic (exact) mass is 352 g/mol. The number of nitrogens with zero attached hydrogens (tertiary/aromatic N) is 2. The maximum Gasteiger partial charge on any atom is 0.179 e. The summed E-state index contributed by atoms with van der Waals surface area (Å²) in [6.45, 7) is 2.99. The van der Waals surface area contributed by atoms with Gasteiger partial charge in [0.2, 0.25) is 0 Å². The van der Waals surface area contributed by atoms with Crippen molar-refractivity contribution in [3.63, 3.8) is 0 Å². The average Bonchev–Trinajstić information content (AvgIpc) is 3.01. The Labute approximate surface area is 151 Å². The summed E-state index contributed by atoms with van der Waals surface area (Å²) in [5.41, 5.74) is 4.84. The van der Waals surface area contributed by atoms with Crippen LogP contribution in [0.2, 0.25) is 0 Å². The highest BCUT2D eigenvalue weighted by Gasteiger charge is 2.10. The molecule has 0 N–H and O–H groups in total. The smallest absolute Gasteiger partial charge is 0.179 e. The normalized spacial score (nSPS) is 10.5. The largest absolute Gasteiger partial charge is 1.00 e. The fourth-order valence-electron chi connectivity index (χ4n) is 2.65. The molecule has 0 bridgehead atoms. The van der Waals surface area contributed by atoms with E-state index in [0.717, 1.165) is 17.1 Å². The molecule has 0 spiro atoms. The van der Waals surface area contributed by atoms with E-state index in [4.69, 9.17) is 4.98 Å². The number of thiazole rings is 1. The van der Waals surface area contributed by atoms with Gasteiger partial charge in [0, 0.05) is 11.6 Å². The van der Waals surface area contributed by atoms with Gasteiger partial charge in [-0.1, -0.05) is 42.0 Å². The summed E-state index contributed by atoms with van der Waals surface area (Å²) < 4.78 is 3.45. The first-order valence-corrected chi connectivity index (χ1v) is 8.50. The van der Waals surface area contributed by atoms with Crippen LogP contribution in [0.4, 0.5) is 0 Å². The summed E-state index contributed by atoms with van der Waals surface area (Å²) in [6, 6.07) is 21.2. The van der Waals surface area contributed by atoms with Crippen LogP contribution in [0.15, 0.2) is 73.1 Å². The number of pyridine rings is 1. The number of halogens is 1. The first-order valence-electron chi connectivity index (χ1n) is 7.68. The number of benzene rings is 2. The lowest BCUT2D eigenvalue weighted by atomic mass is 10.1. The maximum absolute atomic E-state index is 4.75. The molecule has 2 aromatic carbocycles. The number of aryl methyl sites for hydroxylation is 1. The number of hydrogen-bond acceptors (Lipinski definition) is 2. The van der Waals surface area contributed by atoms with Crippen molar-refractivity contribution in [1.29, 1.82) is 0 Å². The molecule has 0 aliphatic rings. The third-order valence-corrected chi connectivity index (χ3v) is 4.97. The summed E-state index contributed by atoms with van der Waals surface area (Å²) in [6.07, 6.45) is 4.29. The molecule has 2 aromatic heterocycles. The number of hydrogen-bond donors (Lipinski definition) is 0. The zero-order chi connectivity index (χ0) is 15.6. The summed E-state index contributed by atoms with van der Waals surface area (Å²) in [5, 5.41) is 1.07. The molecule has 0 amide bonds. The van der Waals surface area contributed by atoms with Gasteiger partial charge in [-0.15, -0.1) is 11.3 Å². The number of fused-ring (bicyclic) bond motifs is 1. The molecule has 0 atom stereocenters. The van der Waals surface area contributed by atoms with E-state index in [2.05, 4.69) is 78.5 Å².